The van der Waals surface area contributed by atoms with Crippen LogP contribution in [0.4, 0.5) is 0 Å². The predicted molar refractivity (Wildman–Crippen MR) is 91.8 cm³/mol. The van der Waals surface area contributed by atoms with Crippen LogP contribution in [0.25, 0.3) is 0 Å². The van der Waals surface area contributed by atoms with Gasteiger partial charge in [-0.3, -0.25) is 4.79 Å². The van der Waals surface area contributed by atoms with Gasteiger partial charge in [-0.05, 0) is 6.42 Å². The van der Waals surface area contributed by atoms with Crippen LogP contribution in [0, 0.1) is 0 Å². The lowest BCUT2D eigenvalue weighted by Gasteiger charge is -2.45. The van der Waals surface area contributed by atoms with E-state index in [0.717, 1.165) is 19.3 Å². The van der Waals surface area contributed by atoms with Crippen molar-refractivity contribution in [1.82, 2.24) is 0 Å². The summed E-state index contributed by atoms with van der Waals surface area (Å²) in [5.41, 5.74) is 0. The van der Waals surface area contributed by atoms with Crippen molar-refractivity contribution in [2.75, 3.05) is 6.61 Å². The van der Waals surface area contributed by atoms with Crippen LogP contribution >= 0.6 is 0 Å². The molecule has 1 heterocycles. The maximum absolute atomic E-state index is 12.1. The minimum Gasteiger partial charge on any atom is -0.394 e. The number of ether oxygens (including phenoxy) is 1. The molecule has 0 aromatic carbocycles. The van der Waals surface area contributed by atoms with E-state index in [1.807, 2.05) is 0 Å². The number of carbonyl (C=O) groups excluding carboxylic acids is 1. The second-order valence-corrected chi connectivity index (χ2v) is 7.05. The zero-order valence-corrected chi connectivity index (χ0v) is 15.1. The van der Waals surface area contributed by atoms with Crippen molar-refractivity contribution in [2.24, 2.45) is 0 Å². The Morgan fingerprint density at radius 2 is 1.52 bits per heavy atom. The van der Waals surface area contributed by atoms with Crippen LogP contribution in [0.2, 0.25) is 0 Å². The number of hydrogen-bond acceptors (Lipinski definition) is 7. The van der Waals surface area contributed by atoms with Crippen molar-refractivity contribution in [3.63, 3.8) is 0 Å². The number of hydrogen-bond donors (Lipinski definition) is 5. The summed E-state index contributed by atoms with van der Waals surface area (Å²) in [4.78, 5) is 12.1. The molecule has 0 aromatic rings. The second-order valence-electron chi connectivity index (χ2n) is 7.05. The van der Waals surface area contributed by atoms with Crippen molar-refractivity contribution in [1.29, 1.82) is 0 Å². The van der Waals surface area contributed by atoms with Crippen molar-refractivity contribution in [2.45, 2.75) is 101 Å². The molecule has 5 atom stereocenters. The Labute approximate surface area is 149 Å². The van der Waals surface area contributed by atoms with Crippen molar-refractivity contribution in [3.8, 4) is 0 Å². The van der Waals surface area contributed by atoms with Gasteiger partial charge in [0.1, 0.15) is 30.2 Å². The van der Waals surface area contributed by atoms with Crippen LogP contribution in [0.1, 0.15) is 71.1 Å². The van der Waals surface area contributed by atoms with Gasteiger partial charge in [-0.2, -0.15) is 0 Å². The molecular weight excluding hydrogens is 328 g/mol. The molecule has 0 amide bonds. The van der Waals surface area contributed by atoms with Gasteiger partial charge in [0, 0.05) is 6.42 Å². The van der Waals surface area contributed by atoms with Crippen LogP contribution in [0.15, 0.2) is 0 Å². The third kappa shape index (κ3) is 6.92. The van der Waals surface area contributed by atoms with Gasteiger partial charge in [0.25, 0.3) is 0 Å². The van der Waals surface area contributed by atoms with Gasteiger partial charge >= 0.3 is 0 Å². The molecule has 148 valence electrons. The Bertz CT molecular complexity index is 388. The highest BCUT2D eigenvalue weighted by Gasteiger charge is 2.53. The monoisotopic (exact) mass is 362 g/mol. The molecule has 0 saturated carbocycles. The van der Waals surface area contributed by atoms with Crippen LogP contribution < -0.4 is 0 Å². The summed E-state index contributed by atoms with van der Waals surface area (Å²) < 4.78 is 5.10. The third-order valence-corrected chi connectivity index (χ3v) is 4.81. The van der Waals surface area contributed by atoms with E-state index in [9.17, 15) is 25.2 Å². The van der Waals surface area contributed by atoms with Crippen LogP contribution in [0.5, 0.6) is 0 Å². The Morgan fingerprint density at radius 1 is 0.960 bits per heavy atom. The van der Waals surface area contributed by atoms with Gasteiger partial charge in [-0.1, -0.05) is 51.9 Å². The molecule has 0 aliphatic carbocycles. The molecule has 1 aliphatic rings. The predicted octanol–water partition coefficient (Wildman–Crippen LogP) is 0.639. The summed E-state index contributed by atoms with van der Waals surface area (Å²) in [5, 5.41) is 48.8. The number of ketones is 1. The molecule has 1 saturated heterocycles. The number of Topliss-reactive ketones (excluding diaryl/α,β-unsaturated/α-hetero) is 1. The molecule has 7 nitrogen and oxygen atoms in total. The Balaban J connectivity index is 2.32. The minimum absolute atomic E-state index is 0.260. The van der Waals surface area contributed by atoms with Crippen LogP contribution in [-0.4, -0.2) is 68.1 Å². The van der Waals surface area contributed by atoms with E-state index in [-0.39, 0.29) is 12.2 Å². The van der Waals surface area contributed by atoms with Gasteiger partial charge in [-0.25, -0.2) is 0 Å². The molecule has 7 heteroatoms. The van der Waals surface area contributed by atoms with Crippen molar-refractivity contribution < 1.29 is 35.1 Å². The zero-order valence-electron chi connectivity index (χ0n) is 15.1. The average Bonchev–Trinajstić information content (AvgIpc) is 2.59. The maximum atomic E-state index is 12.1. The van der Waals surface area contributed by atoms with E-state index in [1.54, 1.807) is 0 Å². The lowest BCUT2D eigenvalue weighted by molar-refractivity contribution is -0.347. The first-order chi connectivity index (χ1) is 11.9. The van der Waals surface area contributed by atoms with Crippen LogP contribution in [-0.2, 0) is 9.53 Å². The first-order valence-electron chi connectivity index (χ1n) is 9.42. The van der Waals surface area contributed by atoms with E-state index in [2.05, 4.69) is 6.92 Å². The average molecular weight is 362 g/mol. The van der Waals surface area contributed by atoms with Gasteiger partial charge in [0.05, 0.1) is 13.0 Å². The topological polar surface area (TPSA) is 127 Å². The highest BCUT2D eigenvalue weighted by molar-refractivity contribution is 5.79. The van der Waals surface area contributed by atoms with E-state index < -0.39 is 43.2 Å². The number of aliphatic hydroxyl groups is 5. The standard InChI is InChI=1S/C18H34O7/c1-2-3-4-5-6-7-8-9-10-13(20)11-18(24)17(23)16(22)15(21)14(12-19)25-18/h14-17,19,21-24H,2-12H2,1H3/t14-,15-,16+,17-,18+/m1/s1. The summed E-state index contributed by atoms with van der Waals surface area (Å²) >= 11 is 0. The Morgan fingerprint density at radius 3 is 2.08 bits per heavy atom. The number of carbonyl (C=O) groups is 1. The van der Waals surface area contributed by atoms with E-state index in [0.29, 0.717) is 6.42 Å². The molecular formula is C18H34O7. The number of rotatable bonds is 12. The SMILES string of the molecule is CCCCCCCCCCC(=O)C[C@]1(O)O[C@H](CO)[C@@H](O)[C@H](O)[C@H]1O. The summed E-state index contributed by atoms with van der Waals surface area (Å²) in [6, 6.07) is 0. The molecule has 1 fully saturated rings. The maximum Gasteiger partial charge on any atom is 0.202 e. The van der Waals surface area contributed by atoms with E-state index >= 15 is 0 Å². The highest BCUT2D eigenvalue weighted by atomic mass is 16.7. The molecule has 0 radical (unpaired) electrons. The van der Waals surface area contributed by atoms with Gasteiger partial charge in [0.2, 0.25) is 5.79 Å². The van der Waals surface area contributed by atoms with E-state index in [4.69, 9.17) is 9.84 Å². The quantitative estimate of drug-likeness (QED) is 0.322. The molecule has 25 heavy (non-hydrogen) atoms. The first-order valence-corrected chi connectivity index (χ1v) is 9.42. The molecule has 0 bridgehead atoms. The summed E-state index contributed by atoms with van der Waals surface area (Å²) in [7, 11) is 0. The Hall–Kier alpha value is -0.570. The Kier molecular flexibility index (Phi) is 10.1. The lowest BCUT2D eigenvalue weighted by Crippen LogP contribution is -2.65. The molecule has 0 aromatic heterocycles. The van der Waals surface area contributed by atoms with E-state index in [1.165, 1.54) is 25.7 Å². The highest BCUT2D eigenvalue weighted by Crippen LogP contribution is 2.31. The summed E-state index contributed by atoms with van der Waals surface area (Å²) in [6.07, 6.45) is 2.29. The zero-order chi connectivity index (χ0) is 18.9. The van der Waals surface area contributed by atoms with Gasteiger partial charge in [-0.15, -0.1) is 0 Å². The van der Waals surface area contributed by atoms with Crippen molar-refractivity contribution in [3.05, 3.63) is 0 Å². The van der Waals surface area contributed by atoms with Gasteiger partial charge < -0.3 is 30.3 Å². The lowest BCUT2D eigenvalue weighted by atomic mass is 9.89. The second kappa shape index (κ2) is 11.2. The fourth-order valence-electron chi connectivity index (χ4n) is 3.19. The normalized spacial score (nSPS) is 32.7. The molecule has 0 unspecified atom stereocenters. The summed E-state index contributed by atoms with van der Waals surface area (Å²) in [6.45, 7) is 1.54. The largest absolute Gasteiger partial charge is 0.394 e. The minimum atomic E-state index is -2.29. The molecule has 1 aliphatic heterocycles. The fourth-order valence-corrected chi connectivity index (χ4v) is 3.19. The number of aliphatic hydroxyl groups excluding tert-OH is 4. The smallest absolute Gasteiger partial charge is 0.202 e. The van der Waals surface area contributed by atoms with Crippen molar-refractivity contribution >= 4 is 5.78 Å². The van der Waals surface area contributed by atoms with Gasteiger partial charge in [0.15, 0.2) is 0 Å². The van der Waals surface area contributed by atoms with Crippen LogP contribution in [0.3, 0.4) is 0 Å². The number of unbranched alkanes of at least 4 members (excludes halogenated alkanes) is 7. The third-order valence-electron chi connectivity index (χ3n) is 4.81. The fraction of sp³-hybridized carbons (Fsp3) is 0.944. The molecule has 0 spiro atoms. The molecule has 5 N–H and O–H groups in total. The summed E-state index contributed by atoms with van der Waals surface area (Å²) in [5.74, 6) is -2.57. The first kappa shape index (κ1) is 22.5. The molecule has 1 rings (SSSR count).